The molecular weight excluding hydrogens is 498 g/mol. The molecule has 5 rings (SSSR count). The van der Waals surface area contributed by atoms with Crippen molar-refractivity contribution in [3.05, 3.63) is 133 Å². The summed E-state index contributed by atoms with van der Waals surface area (Å²) in [4.78, 5) is 17.7. The predicted octanol–water partition coefficient (Wildman–Crippen LogP) is 4.94. The zero-order valence-corrected chi connectivity index (χ0v) is 21.5. The molecule has 192 valence electrons. The first-order chi connectivity index (χ1) is 18.4. The summed E-state index contributed by atoms with van der Waals surface area (Å²) in [5.74, 6) is 0.571. The Balaban J connectivity index is 1.46. The van der Waals surface area contributed by atoms with E-state index in [0.717, 1.165) is 16.9 Å². The first-order valence-corrected chi connectivity index (χ1v) is 13.6. The first-order valence-electron chi connectivity index (χ1n) is 12.1. The van der Waals surface area contributed by atoms with Gasteiger partial charge in [0.05, 0.1) is 10.9 Å². The number of urea groups is 1. The van der Waals surface area contributed by atoms with Crippen LogP contribution < -0.4 is 10.0 Å². The van der Waals surface area contributed by atoms with E-state index in [1.54, 1.807) is 31.3 Å². The van der Waals surface area contributed by atoms with Crippen molar-refractivity contribution in [3.63, 3.8) is 0 Å². The average molecular weight is 526 g/mol. The summed E-state index contributed by atoms with van der Waals surface area (Å²) >= 11 is 0. The van der Waals surface area contributed by atoms with Gasteiger partial charge in [0.1, 0.15) is 5.82 Å². The van der Waals surface area contributed by atoms with Crippen molar-refractivity contribution in [2.24, 2.45) is 0 Å². The van der Waals surface area contributed by atoms with Crippen molar-refractivity contribution in [2.75, 3.05) is 0 Å². The molecule has 0 fully saturated rings. The topological polar surface area (TPSA) is 98.0 Å². The molecule has 8 nitrogen and oxygen atoms in total. The quantitative estimate of drug-likeness (QED) is 0.300. The number of rotatable bonds is 8. The Labute approximate surface area is 221 Å². The maximum Gasteiger partial charge on any atom is 0.329 e. The maximum absolute atomic E-state index is 13.1. The van der Waals surface area contributed by atoms with E-state index < -0.39 is 22.1 Å². The maximum atomic E-state index is 13.1. The molecule has 0 radical (unpaired) electrons. The van der Waals surface area contributed by atoms with Gasteiger partial charge in [-0.1, -0.05) is 54.6 Å². The van der Waals surface area contributed by atoms with Gasteiger partial charge in [0, 0.05) is 36.2 Å². The van der Waals surface area contributed by atoms with Crippen LogP contribution in [0.1, 0.15) is 23.0 Å². The lowest BCUT2D eigenvalue weighted by Gasteiger charge is -2.21. The third-order valence-electron chi connectivity index (χ3n) is 6.19. The van der Waals surface area contributed by atoms with E-state index in [1.807, 2.05) is 94.5 Å². The number of sulfonamides is 1. The number of aryl methyl sites for hydroxylation is 1. The van der Waals surface area contributed by atoms with Crippen LogP contribution in [0.25, 0.3) is 11.4 Å². The van der Waals surface area contributed by atoms with Gasteiger partial charge in [0.2, 0.25) is 0 Å². The van der Waals surface area contributed by atoms with Gasteiger partial charge in [-0.2, -0.15) is 0 Å². The van der Waals surface area contributed by atoms with Crippen LogP contribution in [0.2, 0.25) is 0 Å². The molecule has 0 bridgehead atoms. The van der Waals surface area contributed by atoms with E-state index in [1.165, 1.54) is 6.07 Å². The zero-order valence-electron chi connectivity index (χ0n) is 20.7. The number of nitrogens with one attached hydrogen (secondary N) is 2. The van der Waals surface area contributed by atoms with E-state index in [-0.39, 0.29) is 4.90 Å². The molecule has 0 unspecified atom stereocenters. The molecule has 2 N–H and O–H groups in total. The molecule has 0 saturated carbocycles. The summed E-state index contributed by atoms with van der Waals surface area (Å²) in [7, 11) is -4.06. The number of carbonyl (C=O) groups excluding carboxylic acids is 1. The van der Waals surface area contributed by atoms with Crippen LogP contribution in [0.5, 0.6) is 0 Å². The Hall–Kier alpha value is -4.63. The lowest BCUT2D eigenvalue weighted by molar-refractivity contribution is 0.241. The summed E-state index contributed by atoms with van der Waals surface area (Å²) in [6.45, 7) is 1.68. The molecule has 38 heavy (non-hydrogen) atoms. The number of nitrogens with zero attached hydrogens (tertiary/aromatic N) is 3. The van der Waals surface area contributed by atoms with E-state index in [0.29, 0.717) is 17.8 Å². The van der Waals surface area contributed by atoms with Crippen molar-refractivity contribution < 1.29 is 13.2 Å². The smallest absolute Gasteiger partial charge is 0.327 e. The predicted molar refractivity (Wildman–Crippen MR) is 146 cm³/mol. The Bertz CT molecular complexity index is 1640. The van der Waals surface area contributed by atoms with Gasteiger partial charge >= 0.3 is 6.03 Å². The highest BCUT2D eigenvalue weighted by Gasteiger charge is 2.25. The fourth-order valence-corrected chi connectivity index (χ4v) is 5.54. The minimum absolute atomic E-state index is 0.0538. The number of hydrogen-bond acceptors (Lipinski definition) is 4. The van der Waals surface area contributed by atoms with Crippen molar-refractivity contribution in [2.45, 2.75) is 24.3 Å². The average Bonchev–Trinajstić information content (AvgIpc) is 3.62. The van der Waals surface area contributed by atoms with Gasteiger partial charge in [-0.3, -0.25) is 0 Å². The normalized spacial score (nSPS) is 12.1. The van der Waals surface area contributed by atoms with E-state index >= 15 is 0 Å². The SMILES string of the molecule is Cc1ccccc1S(=O)(=O)NC(=O)N[C@@H](Cc1ccccc1)c1nccn1-c1cccc(-n2cccc2)c1. The third kappa shape index (κ3) is 5.52. The Morgan fingerprint density at radius 3 is 2.34 bits per heavy atom. The lowest BCUT2D eigenvalue weighted by Crippen LogP contribution is -2.42. The second kappa shape index (κ2) is 10.8. The molecule has 2 amide bonds. The molecule has 9 heteroatoms. The van der Waals surface area contributed by atoms with Crippen LogP contribution >= 0.6 is 0 Å². The molecule has 2 heterocycles. The van der Waals surface area contributed by atoms with Crippen LogP contribution in [0.4, 0.5) is 4.79 Å². The second-order valence-corrected chi connectivity index (χ2v) is 10.5. The van der Waals surface area contributed by atoms with Crippen molar-refractivity contribution >= 4 is 16.1 Å². The number of imidazole rings is 1. The van der Waals surface area contributed by atoms with Gasteiger partial charge < -0.3 is 14.5 Å². The molecule has 5 aromatic rings. The minimum atomic E-state index is -4.06. The monoisotopic (exact) mass is 525 g/mol. The minimum Gasteiger partial charge on any atom is -0.327 e. The summed E-state index contributed by atoms with van der Waals surface area (Å²) in [5, 5.41) is 2.85. The number of amides is 2. The zero-order chi connectivity index (χ0) is 26.5. The van der Waals surface area contributed by atoms with E-state index in [4.69, 9.17) is 0 Å². The van der Waals surface area contributed by atoms with Crippen molar-refractivity contribution in [1.82, 2.24) is 24.2 Å². The standard InChI is InChI=1S/C29H27N5O3S/c1-22-10-5-6-15-27(22)38(36,37)32-29(35)31-26(20-23-11-3-2-4-12-23)28-30-16-19-34(28)25-14-9-13-24(21-25)33-17-7-8-18-33/h2-19,21,26H,20H2,1H3,(H2,31,32,35)/t26-/m0/s1. The van der Waals surface area contributed by atoms with Crippen molar-refractivity contribution in [3.8, 4) is 11.4 Å². The largest absolute Gasteiger partial charge is 0.329 e. The molecule has 0 aliphatic carbocycles. The summed E-state index contributed by atoms with van der Waals surface area (Å²) in [6.07, 6.45) is 7.83. The lowest BCUT2D eigenvalue weighted by atomic mass is 10.1. The molecule has 3 aromatic carbocycles. The Kier molecular flexibility index (Phi) is 7.10. The number of carbonyl (C=O) groups is 1. The summed E-state index contributed by atoms with van der Waals surface area (Å²) in [5.41, 5.74) is 3.35. The van der Waals surface area contributed by atoms with Gasteiger partial charge in [0.25, 0.3) is 10.0 Å². The number of benzene rings is 3. The third-order valence-corrected chi connectivity index (χ3v) is 7.68. The molecule has 0 spiro atoms. The van der Waals surface area contributed by atoms with Gasteiger partial charge in [-0.25, -0.2) is 22.9 Å². The van der Waals surface area contributed by atoms with Gasteiger partial charge in [-0.05, 0) is 60.9 Å². The molecule has 0 aliphatic heterocycles. The van der Waals surface area contributed by atoms with E-state index in [2.05, 4.69) is 15.0 Å². The van der Waals surface area contributed by atoms with Crippen LogP contribution in [-0.2, 0) is 16.4 Å². The summed E-state index contributed by atoms with van der Waals surface area (Å²) in [6, 6.07) is 26.6. The van der Waals surface area contributed by atoms with Crippen LogP contribution in [-0.4, -0.2) is 28.6 Å². The van der Waals surface area contributed by atoms with Gasteiger partial charge in [-0.15, -0.1) is 0 Å². The molecule has 0 aliphatic rings. The van der Waals surface area contributed by atoms with Crippen LogP contribution in [0, 0.1) is 6.92 Å². The highest BCUT2D eigenvalue weighted by atomic mass is 32.2. The number of aromatic nitrogens is 3. The number of hydrogen-bond donors (Lipinski definition) is 2. The first kappa shape index (κ1) is 25.0. The fourth-order valence-electron chi connectivity index (χ4n) is 4.38. The van der Waals surface area contributed by atoms with Gasteiger partial charge in [0.15, 0.2) is 0 Å². The molecule has 2 aromatic heterocycles. The van der Waals surface area contributed by atoms with E-state index in [9.17, 15) is 13.2 Å². The van der Waals surface area contributed by atoms with Crippen molar-refractivity contribution in [1.29, 1.82) is 0 Å². The Morgan fingerprint density at radius 1 is 0.868 bits per heavy atom. The second-order valence-electron chi connectivity index (χ2n) is 8.85. The molecule has 0 saturated heterocycles. The highest BCUT2D eigenvalue weighted by molar-refractivity contribution is 7.90. The Morgan fingerprint density at radius 2 is 1.58 bits per heavy atom. The fraction of sp³-hybridized carbons (Fsp3) is 0.103. The highest BCUT2D eigenvalue weighted by Crippen LogP contribution is 2.23. The molecular formula is C29H27N5O3S. The molecule has 1 atom stereocenters. The van der Waals surface area contributed by atoms with Crippen LogP contribution in [0.3, 0.4) is 0 Å². The van der Waals surface area contributed by atoms with Crippen LogP contribution in [0.15, 0.2) is 121 Å². The summed E-state index contributed by atoms with van der Waals surface area (Å²) < 4.78 is 31.9.